The Balaban J connectivity index is 0.00000242. The van der Waals surface area contributed by atoms with Crippen LogP contribution in [0.2, 0.25) is 0 Å². The van der Waals surface area contributed by atoms with Crippen LogP contribution >= 0.6 is 12.4 Å². The van der Waals surface area contributed by atoms with Gasteiger partial charge >= 0.3 is 6.61 Å². The summed E-state index contributed by atoms with van der Waals surface area (Å²) >= 11 is 0. The highest BCUT2D eigenvalue weighted by atomic mass is 35.5. The Morgan fingerprint density at radius 3 is 2.91 bits per heavy atom. The number of carbonyl (C=O) groups excluding carboxylic acids is 1. The van der Waals surface area contributed by atoms with Crippen LogP contribution in [0.3, 0.4) is 0 Å². The van der Waals surface area contributed by atoms with E-state index in [2.05, 4.69) is 4.74 Å². The van der Waals surface area contributed by atoms with Crippen LogP contribution in [0, 0.1) is 5.92 Å². The van der Waals surface area contributed by atoms with E-state index in [1.54, 1.807) is 17.0 Å². The summed E-state index contributed by atoms with van der Waals surface area (Å²) in [5, 5.41) is 0. The number of likely N-dealkylation sites (tertiary alicyclic amines) is 1. The molecule has 1 heterocycles. The molecular formula is C15H21ClF2N2O2. The molecule has 1 fully saturated rings. The van der Waals surface area contributed by atoms with Crippen LogP contribution in [0.25, 0.3) is 0 Å². The maximum Gasteiger partial charge on any atom is 0.387 e. The molecule has 2 rings (SSSR count). The maximum absolute atomic E-state index is 12.4. The molecule has 1 atom stereocenters. The van der Waals surface area contributed by atoms with Crippen molar-refractivity contribution in [2.45, 2.75) is 25.9 Å². The third-order valence-corrected chi connectivity index (χ3v) is 3.69. The highest BCUT2D eigenvalue weighted by Gasteiger charge is 2.24. The quantitative estimate of drug-likeness (QED) is 0.900. The minimum absolute atomic E-state index is 0. The highest BCUT2D eigenvalue weighted by Crippen LogP contribution is 2.22. The lowest BCUT2D eigenvalue weighted by atomic mass is 9.94. The topological polar surface area (TPSA) is 55.6 Å². The average Bonchev–Trinajstić information content (AvgIpc) is 2.47. The summed E-state index contributed by atoms with van der Waals surface area (Å²) < 4.78 is 28.8. The second kappa shape index (κ2) is 8.90. The number of carbonyl (C=O) groups is 1. The second-order valence-electron chi connectivity index (χ2n) is 5.24. The Hall–Kier alpha value is -1.40. The number of nitrogens with zero attached hydrogens (tertiary/aromatic N) is 1. The van der Waals surface area contributed by atoms with Crippen molar-refractivity contribution in [3.63, 3.8) is 0 Å². The Morgan fingerprint density at radius 2 is 2.23 bits per heavy atom. The summed E-state index contributed by atoms with van der Waals surface area (Å²) in [7, 11) is 0. The zero-order chi connectivity index (χ0) is 15.2. The van der Waals surface area contributed by atoms with Gasteiger partial charge in [0.05, 0.1) is 0 Å². The molecule has 1 unspecified atom stereocenters. The minimum atomic E-state index is -2.89. The van der Waals surface area contributed by atoms with Gasteiger partial charge in [-0.15, -0.1) is 12.4 Å². The molecule has 1 aromatic rings. The number of ether oxygens (including phenoxy) is 1. The second-order valence-corrected chi connectivity index (χ2v) is 5.24. The monoisotopic (exact) mass is 334 g/mol. The number of halogens is 3. The molecule has 1 aromatic carbocycles. The van der Waals surface area contributed by atoms with Crippen LogP contribution in [0.4, 0.5) is 8.78 Å². The van der Waals surface area contributed by atoms with Crippen LogP contribution < -0.4 is 10.5 Å². The van der Waals surface area contributed by atoms with Crippen molar-refractivity contribution in [1.29, 1.82) is 0 Å². The van der Waals surface area contributed by atoms with E-state index in [1.165, 1.54) is 12.1 Å². The Bertz CT molecular complexity index is 486. The standard InChI is InChI=1S/C15H20F2N2O2.ClH/c16-15(17)21-13-5-1-4-12(9-13)14(20)19-8-2-3-11(10-19)6-7-18;/h1,4-5,9,11,15H,2-3,6-8,10,18H2;1H. The molecule has 0 spiro atoms. The van der Waals surface area contributed by atoms with Crippen LogP contribution in [0.5, 0.6) is 5.75 Å². The van der Waals surface area contributed by atoms with E-state index in [1.807, 2.05) is 0 Å². The van der Waals surface area contributed by atoms with Gasteiger partial charge in [0.2, 0.25) is 0 Å². The lowest BCUT2D eigenvalue weighted by Crippen LogP contribution is -2.40. The van der Waals surface area contributed by atoms with Gasteiger partial charge in [0, 0.05) is 18.7 Å². The molecule has 1 saturated heterocycles. The smallest absolute Gasteiger partial charge is 0.387 e. The minimum Gasteiger partial charge on any atom is -0.435 e. The fourth-order valence-corrected chi connectivity index (χ4v) is 2.71. The molecule has 1 aliphatic rings. The normalized spacial score (nSPS) is 18.0. The van der Waals surface area contributed by atoms with Crippen LogP contribution in [0.15, 0.2) is 24.3 Å². The van der Waals surface area contributed by atoms with E-state index in [9.17, 15) is 13.6 Å². The van der Waals surface area contributed by atoms with Crippen molar-refractivity contribution in [3.05, 3.63) is 29.8 Å². The van der Waals surface area contributed by atoms with Gasteiger partial charge in [-0.2, -0.15) is 8.78 Å². The lowest BCUT2D eigenvalue weighted by Gasteiger charge is -2.32. The molecule has 0 saturated carbocycles. The van der Waals surface area contributed by atoms with Crippen molar-refractivity contribution in [2.75, 3.05) is 19.6 Å². The number of alkyl halides is 2. The molecule has 0 radical (unpaired) electrons. The first-order valence-electron chi connectivity index (χ1n) is 7.14. The number of amides is 1. The molecule has 4 nitrogen and oxygen atoms in total. The van der Waals surface area contributed by atoms with Crippen molar-refractivity contribution < 1.29 is 18.3 Å². The Labute approximate surface area is 135 Å². The van der Waals surface area contributed by atoms with E-state index in [-0.39, 0.29) is 24.1 Å². The van der Waals surface area contributed by atoms with Gasteiger partial charge in [-0.25, -0.2) is 0 Å². The van der Waals surface area contributed by atoms with Gasteiger partial charge in [-0.05, 0) is 49.9 Å². The van der Waals surface area contributed by atoms with Gasteiger partial charge in [0.1, 0.15) is 5.75 Å². The fraction of sp³-hybridized carbons (Fsp3) is 0.533. The number of nitrogens with two attached hydrogens (primary N) is 1. The molecule has 7 heteroatoms. The number of piperidine rings is 1. The lowest BCUT2D eigenvalue weighted by molar-refractivity contribution is -0.0499. The first kappa shape index (κ1) is 18.6. The summed E-state index contributed by atoms with van der Waals surface area (Å²) in [5.41, 5.74) is 5.94. The van der Waals surface area contributed by atoms with Gasteiger partial charge in [-0.3, -0.25) is 4.79 Å². The van der Waals surface area contributed by atoms with Gasteiger partial charge in [-0.1, -0.05) is 6.07 Å². The third kappa shape index (κ3) is 5.10. The number of hydrogen-bond donors (Lipinski definition) is 1. The summed E-state index contributed by atoms with van der Waals surface area (Å²) in [6.45, 7) is -0.903. The molecule has 1 aliphatic heterocycles. The first-order chi connectivity index (χ1) is 10.1. The van der Waals surface area contributed by atoms with Crippen LogP contribution in [0.1, 0.15) is 29.6 Å². The summed E-state index contributed by atoms with van der Waals surface area (Å²) in [4.78, 5) is 14.2. The van der Waals surface area contributed by atoms with Gasteiger partial charge in [0.25, 0.3) is 5.91 Å². The molecule has 0 aliphatic carbocycles. The maximum atomic E-state index is 12.4. The van der Waals surface area contributed by atoms with E-state index in [0.29, 0.717) is 31.1 Å². The van der Waals surface area contributed by atoms with Crippen molar-refractivity contribution in [1.82, 2.24) is 4.90 Å². The highest BCUT2D eigenvalue weighted by molar-refractivity contribution is 5.94. The van der Waals surface area contributed by atoms with E-state index < -0.39 is 6.61 Å². The van der Waals surface area contributed by atoms with Gasteiger partial charge in [0.15, 0.2) is 0 Å². The first-order valence-corrected chi connectivity index (χ1v) is 7.14. The molecule has 22 heavy (non-hydrogen) atoms. The van der Waals surface area contributed by atoms with Gasteiger partial charge < -0.3 is 15.4 Å². The average molecular weight is 335 g/mol. The number of benzene rings is 1. The van der Waals surface area contributed by atoms with E-state index in [4.69, 9.17) is 5.73 Å². The van der Waals surface area contributed by atoms with Crippen molar-refractivity contribution in [3.8, 4) is 5.75 Å². The van der Waals surface area contributed by atoms with E-state index in [0.717, 1.165) is 19.3 Å². The number of hydrogen-bond acceptors (Lipinski definition) is 3. The molecule has 0 aromatic heterocycles. The zero-order valence-electron chi connectivity index (χ0n) is 12.2. The third-order valence-electron chi connectivity index (χ3n) is 3.69. The summed E-state index contributed by atoms with van der Waals surface area (Å²) in [5.74, 6) is 0.288. The predicted molar refractivity (Wildman–Crippen MR) is 82.6 cm³/mol. The SMILES string of the molecule is Cl.NCCC1CCCN(C(=O)c2cccc(OC(F)F)c2)C1. The predicted octanol–water partition coefficient (Wildman–Crippen LogP) is 2.91. The molecule has 1 amide bonds. The molecular weight excluding hydrogens is 314 g/mol. The Morgan fingerprint density at radius 1 is 1.45 bits per heavy atom. The van der Waals surface area contributed by atoms with Crippen LogP contribution in [-0.2, 0) is 0 Å². The van der Waals surface area contributed by atoms with Crippen LogP contribution in [-0.4, -0.2) is 37.1 Å². The molecule has 124 valence electrons. The zero-order valence-corrected chi connectivity index (χ0v) is 13.0. The van der Waals surface area contributed by atoms with Crippen molar-refractivity contribution >= 4 is 18.3 Å². The summed E-state index contributed by atoms with van der Waals surface area (Å²) in [6.07, 6.45) is 2.93. The summed E-state index contributed by atoms with van der Waals surface area (Å²) in [6, 6.07) is 5.94. The fourth-order valence-electron chi connectivity index (χ4n) is 2.71. The number of rotatable bonds is 5. The molecule has 0 bridgehead atoms. The Kier molecular flexibility index (Phi) is 7.55. The largest absolute Gasteiger partial charge is 0.435 e. The van der Waals surface area contributed by atoms with Crippen molar-refractivity contribution in [2.24, 2.45) is 11.7 Å². The molecule has 2 N–H and O–H groups in total. The van der Waals surface area contributed by atoms with E-state index >= 15 is 0 Å².